The van der Waals surface area contributed by atoms with Crippen LogP contribution in [0.15, 0.2) is 30.3 Å². The van der Waals surface area contributed by atoms with E-state index in [1.54, 1.807) is 0 Å². The molecule has 2 heteroatoms. The third kappa shape index (κ3) is 3.33. The van der Waals surface area contributed by atoms with Gasteiger partial charge < -0.3 is 9.47 Å². The summed E-state index contributed by atoms with van der Waals surface area (Å²) in [7, 11) is 0. The van der Waals surface area contributed by atoms with Gasteiger partial charge in [0.2, 0.25) is 0 Å². The molecule has 1 aromatic carbocycles. The average molecular weight is 206 g/mol. The van der Waals surface area contributed by atoms with Crippen molar-refractivity contribution >= 4 is 0 Å². The topological polar surface area (TPSA) is 18.5 Å². The maximum Gasteiger partial charge on any atom is 0.158 e. The van der Waals surface area contributed by atoms with E-state index in [1.165, 1.54) is 5.56 Å². The van der Waals surface area contributed by atoms with Crippen molar-refractivity contribution in [3.05, 3.63) is 35.9 Å². The lowest BCUT2D eigenvalue weighted by Gasteiger charge is -2.28. The van der Waals surface area contributed by atoms with E-state index in [2.05, 4.69) is 31.2 Å². The largest absolute Gasteiger partial charge is 0.353 e. The fourth-order valence-corrected chi connectivity index (χ4v) is 1.81. The molecule has 1 heterocycles. The van der Waals surface area contributed by atoms with Crippen molar-refractivity contribution in [1.82, 2.24) is 0 Å². The number of ether oxygens (including phenoxy) is 2. The Hall–Kier alpha value is -0.860. The lowest BCUT2D eigenvalue weighted by atomic mass is 10.1. The highest BCUT2D eigenvalue weighted by Crippen LogP contribution is 2.16. The van der Waals surface area contributed by atoms with Gasteiger partial charge in [0.25, 0.3) is 0 Å². The molecule has 0 spiro atoms. The van der Waals surface area contributed by atoms with Crippen LogP contribution in [0.3, 0.4) is 0 Å². The Bertz CT molecular complexity index is 284. The number of aryl methyl sites for hydroxylation is 1. The van der Waals surface area contributed by atoms with Crippen molar-refractivity contribution in [1.29, 1.82) is 0 Å². The van der Waals surface area contributed by atoms with Gasteiger partial charge >= 0.3 is 0 Å². The van der Waals surface area contributed by atoms with Gasteiger partial charge in [-0.2, -0.15) is 0 Å². The van der Waals surface area contributed by atoms with Crippen molar-refractivity contribution in [2.24, 2.45) is 0 Å². The van der Waals surface area contributed by atoms with Gasteiger partial charge in [0.15, 0.2) is 6.29 Å². The van der Waals surface area contributed by atoms with Gasteiger partial charge in [-0.15, -0.1) is 0 Å². The third-order valence-electron chi connectivity index (χ3n) is 2.72. The highest BCUT2D eigenvalue weighted by atomic mass is 16.7. The van der Waals surface area contributed by atoms with Gasteiger partial charge in [-0.25, -0.2) is 0 Å². The molecule has 0 aliphatic carbocycles. The van der Waals surface area contributed by atoms with Crippen LogP contribution in [-0.2, 0) is 15.9 Å². The molecule has 0 amide bonds. The average Bonchev–Trinajstić information content (AvgIpc) is 2.28. The highest BCUT2D eigenvalue weighted by Gasteiger charge is 2.18. The first-order chi connectivity index (χ1) is 7.34. The Morgan fingerprint density at radius 1 is 1.27 bits per heavy atom. The molecule has 15 heavy (non-hydrogen) atoms. The Morgan fingerprint density at radius 2 is 2.07 bits per heavy atom. The van der Waals surface area contributed by atoms with Crippen molar-refractivity contribution in [3.63, 3.8) is 0 Å². The summed E-state index contributed by atoms with van der Waals surface area (Å²) in [6, 6.07) is 10.5. The third-order valence-corrected chi connectivity index (χ3v) is 2.72. The van der Waals surface area contributed by atoms with Crippen LogP contribution in [0.1, 0.15) is 25.3 Å². The monoisotopic (exact) mass is 206 g/mol. The summed E-state index contributed by atoms with van der Waals surface area (Å²) in [4.78, 5) is 0. The van der Waals surface area contributed by atoms with E-state index >= 15 is 0 Å². The molecule has 2 rings (SSSR count). The summed E-state index contributed by atoms with van der Waals surface area (Å²) in [6.07, 6.45) is 3.34. The molecule has 82 valence electrons. The summed E-state index contributed by atoms with van der Waals surface area (Å²) in [5.74, 6) is 0. The van der Waals surface area contributed by atoms with Crippen LogP contribution in [0.25, 0.3) is 0 Å². The second kappa shape index (κ2) is 5.29. The van der Waals surface area contributed by atoms with Crippen LogP contribution in [0.5, 0.6) is 0 Å². The molecule has 0 bridgehead atoms. The van der Waals surface area contributed by atoms with Gasteiger partial charge in [-0.05, 0) is 25.3 Å². The first kappa shape index (κ1) is 10.7. The molecule has 2 atom stereocenters. The molecule has 0 saturated carbocycles. The van der Waals surface area contributed by atoms with Crippen molar-refractivity contribution < 1.29 is 9.47 Å². The zero-order valence-electron chi connectivity index (χ0n) is 9.19. The zero-order chi connectivity index (χ0) is 10.5. The molecule has 1 saturated heterocycles. The van der Waals surface area contributed by atoms with E-state index in [1.807, 2.05) is 6.07 Å². The molecule has 1 aromatic rings. The predicted molar refractivity (Wildman–Crippen MR) is 59.7 cm³/mol. The van der Waals surface area contributed by atoms with Gasteiger partial charge in [-0.1, -0.05) is 30.3 Å². The maximum absolute atomic E-state index is 5.69. The SMILES string of the molecule is CC1CCOC(CCc2ccccc2)O1. The molecule has 1 fully saturated rings. The van der Waals surface area contributed by atoms with Gasteiger partial charge in [0.1, 0.15) is 0 Å². The number of benzene rings is 1. The van der Waals surface area contributed by atoms with Crippen LogP contribution < -0.4 is 0 Å². The summed E-state index contributed by atoms with van der Waals surface area (Å²) in [5, 5.41) is 0. The van der Waals surface area contributed by atoms with Gasteiger partial charge in [0, 0.05) is 6.42 Å². The molecule has 1 aliphatic rings. The van der Waals surface area contributed by atoms with Crippen LogP contribution in [0.2, 0.25) is 0 Å². The zero-order valence-corrected chi connectivity index (χ0v) is 9.19. The van der Waals surface area contributed by atoms with E-state index in [0.717, 1.165) is 25.9 Å². The Morgan fingerprint density at radius 3 is 2.80 bits per heavy atom. The molecule has 1 aliphatic heterocycles. The van der Waals surface area contributed by atoms with Gasteiger partial charge in [-0.3, -0.25) is 0 Å². The molecule has 0 N–H and O–H groups in total. The Kier molecular flexibility index (Phi) is 3.75. The first-order valence-electron chi connectivity index (χ1n) is 5.65. The maximum atomic E-state index is 5.69. The van der Waals surface area contributed by atoms with E-state index in [9.17, 15) is 0 Å². The Labute approximate surface area is 91.2 Å². The summed E-state index contributed by atoms with van der Waals surface area (Å²) in [5.41, 5.74) is 1.35. The molecular formula is C13H18O2. The lowest BCUT2D eigenvalue weighted by molar-refractivity contribution is -0.209. The van der Waals surface area contributed by atoms with Crippen LogP contribution >= 0.6 is 0 Å². The highest BCUT2D eigenvalue weighted by molar-refractivity contribution is 5.14. The second-order valence-corrected chi connectivity index (χ2v) is 4.06. The number of hydrogen-bond donors (Lipinski definition) is 0. The first-order valence-corrected chi connectivity index (χ1v) is 5.65. The standard InChI is InChI=1S/C13H18O2/c1-11-9-10-14-13(15-11)8-7-12-5-3-2-4-6-12/h2-6,11,13H,7-10H2,1H3. The number of hydrogen-bond acceptors (Lipinski definition) is 2. The van der Waals surface area contributed by atoms with E-state index in [0.29, 0.717) is 6.10 Å². The molecule has 2 nitrogen and oxygen atoms in total. The fraction of sp³-hybridized carbons (Fsp3) is 0.538. The van der Waals surface area contributed by atoms with Crippen LogP contribution in [0.4, 0.5) is 0 Å². The molecule has 0 radical (unpaired) electrons. The molecular weight excluding hydrogens is 188 g/mol. The van der Waals surface area contributed by atoms with Crippen LogP contribution in [-0.4, -0.2) is 19.0 Å². The van der Waals surface area contributed by atoms with E-state index in [4.69, 9.17) is 9.47 Å². The minimum atomic E-state index is -0.00560. The minimum Gasteiger partial charge on any atom is -0.353 e. The van der Waals surface area contributed by atoms with Crippen molar-refractivity contribution in [3.8, 4) is 0 Å². The quantitative estimate of drug-likeness (QED) is 0.757. The van der Waals surface area contributed by atoms with Gasteiger partial charge in [0.05, 0.1) is 12.7 Å². The predicted octanol–water partition coefficient (Wildman–Crippen LogP) is 2.77. The van der Waals surface area contributed by atoms with E-state index in [-0.39, 0.29) is 6.29 Å². The van der Waals surface area contributed by atoms with Crippen molar-refractivity contribution in [2.75, 3.05) is 6.61 Å². The molecule has 0 aromatic heterocycles. The van der Waals surface area contributed by atoms with E-state index < -0.39 is 0 Å². The van der Waals surface area contributed by atoms with Crippen LogP contribution in [0, 0.1) is 0 Å². The molecule has 2 unspecified atom stereocenters. The fourth-order valence-electron chi connectivity index (χ4n) is 1.81. The second-order valence-electron chi connectivity index (χ2n) is 4.06. The normalized spacial score (nSPS) is 26.5. The smallest absolute Gasteiger partial charge is 0.158 e. The summed E-state index contributed by atoms with van der Waals surface area (Å²) in [6.45, 7) is 2.94. The lowest BCUT2D eigenvalue weighted by Crippen LogP contribution is -2.30. The summed E-state index contributed by atoms with van der Waals surface area (Å²) >= 11 is 0. The minimum absolute atomic E-state index is 0.00560. The van der Waals surface area contributed by atoms with Crippen molar-refractivity contribution in [2.45, 2.75) is 38.6 Å². The number of rotatable bonds is 3. The Balaban J connectivity index is 1.78. The summed E-state index contributed by atoms with van der Waals surface area (Å²) < 4.78 is 11.2.